The summed E-state index contributed by atoms with van der Waals surface area (Å²) in [5.41, 5.74) is 6.44. The minimum Gasteiger partial charge on any atom is -0.0654 e. The second kappa shape index (κ2) is 7.29. The second-order valence-electron chi connectivity index (χ2n) is 7.67. The first kappa shape index (κ1) is 18.0. The summed E-state index contributed by atoms with van der Waals surface area (Å²) in [5.74, 6) is 1.49. The van der Waals surface area contributed by atoms with Crippen LogP contribution < -0.4 is 0 Å². The molecule has 1 aliphatic carbocycles. The Bertz CT molecular complexity index is 485. The molecule has 118 valence electrons. The van der Waals surface area contributed by atoms with E-state index in [0.717, 1.165) is 5.92 Å². The van der Waals surface area contributed by atoms with Crippen LogP contribution in [0.2, 0.25) is 0 Å². The maximum Gasteiger partial charge on any atom is 0.00290 e. The topological polar surface area (TPSA) is 0 Å². The van der Waals surface area contributed by atoms with Gasteiger partial charge in [-0.1, -0.05) is 84.2 Å². The molecule has 0 nitrogen and oxygen atoms in total. The first-order valence-electron chi connectivity index (χ1n) is 8.46. The van der Waals surface area contributed by atoms with Crippen molar-refractivity contribution in [1.82, 2.24) is 0 Å². The van der Waals surface area contributed by atoms with Crippen LogP contribution in [-0.2, 0) is 0 Å². The number of benzene rings is 1. The number of hydrogen-bond acceptors (Lipinski definition) is 0. The van der Waals surface area contributed by atoms with Gasteiger partial charge in [-0.2, -0.15) is 0 Å². The van der Waals surface area contributed by atoms with Gasteiger partial charge in [0.2, 0.25) is 0 Å². The summed E-state index contributed by atoms with van der Waals surface area (Å²) in [5, 5.41) is 0. The highest BCUT2D eigenvalue weighted by atomic mass is 14.3. The summed E-state index contributed by atoms with van der Waals surface area (Å²) in [7, 11) is 0. The van der Waals surface area contributed by atoms with Crippen LogP contribution >= 0.6 is 0 Å². The van der Waals surface area contributed by atoms with Gasteiger partial charge in [-0.05, 0) is 41.9 Å². The average Bonchev–Trinajstić information content (AvgIpc) is 2.65. The normalized spacial score (nSPS) is 19.0. The minimum atomic E-state index is 0.510. The van der Waals surface area contributed by atoms with Gasteiger partial charge in [0.15, 0.2) is 0 Å². The van der Waals surface area contributed by atoms with Gasteiger partial charge in [-0.25, -0.2) is 0 Å². The Hall–Kier alpha value is -1.04. The van der Waals surface area contributed by atoms with Crippen molar-refractivity contribution in [3.63, 3.8) is 0 Å². The number of hydrogen-bond donors (Lipinski definition) is 0. The Morgan fingerprint density at radius 2 is 1.67 bits per heavy atom. The van der Waals surface area contributed by atoms with Crippen molar-refractivity contribution in [2.75, 3.05) is 0 Å². The first-order valence-corrected chi connectivity index (χ1v) is 8.46. The largest absolute Gasteiger partial charge is 0.0654 e. The van der Waals surface area contributed by atoms with Crippen LogP contribution in [0.4, 0.5) is 0 Å². The van der Waals surface area contributed by atoms with Crippen molar-refractivity contribution in [2.24, 2.45) is 11.3 Å². The molecule has 0 bridgehead atoms. The second-order valence-corrected chi connectivity index (χ2v) is 7.67. The van der Waals surface area contributed by atoms with Crippen molar-refractivity contribution >= 4 is 5.57 Å². The Kier molecular flexibility index (Phi) is 6.25. The van der Waals surface area contributed by atoms with Crippen LogP contribution in [0.3, 0.4) is 0 Å². The molecule has 1 aromatic carbocycles. The zero-order valence-electron chi connectivity index (χ0n) is 15.4. The lowest BCUT2D eigenvalue weighted by molar-refractivity contribution is 0.245. The molecule has 0 aliphatic heterocycles. The van der Waals surface area contributed by atoms with Crippen molar-refractivity contribution in [1.29, 1.82) is 0 Å². The van der Waals surface area contributed by atoms with Crippen LogP contribution in [0.1, 0.15) is 85.3 Å². The molecule has 0 heteroatoms. The van der Waals surface area contributed by atoms with Gasteiger partial charge in [0.1, 0.15) is 0 Å². The van der Waals surface area contributed by atoms with Crippen LogP contribution in [0.25, 0.3) is 5.57 Å². The van der Waals surface area contributed by atoms with Crippen molar-refractivity contribution in [2.45, 2.75) is 74.1 Å². The molecule has 2 unspecified atom stereocenters. The lowest BCUT2D eigenvalue weighted by atomic mass is 9.80. The van der Waals surface area contributed by atoms with Gasteiger partial charge >= 0.3 is 0 Å². The van der Waals surface area contributed by atoms with Crippen molar-refractivity contribution in [3.05, 3.63) is 41.0 Å². The van der Waals surface area contributed by atoms with Gasteiger partial charge in [-0.15, -0.1) is 0 Å². The molecule has 2 atom stereocenters. The van der Waals surface area contributed by atoms with E-state index in [1.807, 2.05) is 0 Å². The Balaban J connectivity index is 0.000000222. The summed E-state index contributed by atoms with van der Waals surface area (Å²) in [6.07, 6.45) is 2.68. The molecule has 1 aromatic rings. The third kappa shape index (κ3) is 4.46. The summed E-state index contributed by atoms with van der Waals surface area (Å²) < 4.78 is 0. The smallest absolute Gasteiger partial charge is 0.00290 e. The first-order chi connectivity index (χ1) is 9.70. The highest BCUT2D eigenvalue weighted by Gasteiger charge is 2.21. The molecule has 0 spiro atoms. The van der Waals surface area contributed by atoms with Crippen LogP contribution in [0, 0.1) is 11.3 Å². The van der Waals surface area contributed by atoms with E-state index >= 15 is 0 Å². The van der Waals surface area contributed by atoms with E-state index in [0.29, 0.717) is 11.3 Å². The number of fused-ring (bicyclic) bond motifs is 1. The van der Waals surface area contributed by atoms with Gasteiger partial charge < -0.3 is 0 Å². The highest BCUT2D eigenvalue weighted by Crippen LogP contribution is 2.40. The zero-order valence-corrected chi connectivity index (χ0v) is 15.4. The van der Waals surface area contributed by atoms with E-state index in [1.165, 1.54) is 35.1 Å². The Morgan fingerprint density at radius 3 is 2.10 bits per heavy atom. The fraction of sp³-hybridized carbons (Fsp3) is 0.619. The van der Waals surface area contributed by atoms with Gasteiger partial charge in [-0.3, -0.25) is 0 Å². The summed E-state index contributed by atoms with van der Waals surface area (Å²) in [6.45, 7) is 18.3. The standard InChI is InChI=1S/C12H14.C9H20/c1-8-9(2)11-6-4-5-7-12(11)10(8)3;1-6-7-8(2)9(3,4)5/h4-7,9H,1-3H3;8H,6-7H2,1-5H3. The molecule has 0 N–H and O–H groups in total. The molecule has 0 radical (unpaired) electrons. The van der Waals surface area contributed by atoms with Crippen LogP contribution in [0.5, 0.6) is 0 Å². The Morgan fingerprint density at radius 1 is 1.10 bits per heavy atom. The highest BCUT2D eigenvalue weighted by molar-refractivity contribution is 5.76. The monoisotopic (exact) mass is 286 g/mol. The summed E-state index contributed by atoms with van der Waals surface area (Å²) in [6, 6.07) is 8.70. The fourth-order valence-corrected chi connectivity index (χ4v) is 2.85. The van der Waals surface area contributed by atoms with E-state index in [9.17, 15) is 0 Å². The molecule has 21 heavy (non-hydrogen) atoms. The molecule has 2 rings (SSSR count). The van der Waals surface area contributed by atoms with Crippen LogP contribution in [0.15, 0.2) is 29.8 Å². The average molecular weight is 287 g/mol. The summed E-state index contributed by atoms with van der Waals surface area (Å²) in [4.78, 5) is 0. The maximum absolute atomic E-state index is 2.34. The molecule has 0 fully saturated rings. The van der Waals surface area contributed by atoms with E-state index in [2.05, 4.69) is 79.7 Å². The zero-order chi connectivity index (χ0) is 16.2. The minimum absolute atomic E-state index is 0.510. The number of rotatable bonds is 2. The molecule has 0 saturated carbocycles. The molecule has 0 saturated heterocycles. The predicted octanol–water partition coefficient (Wildman–Crippen LogP) is 7.07. The third-order valence-electron chi connectivity index (χ3n) is 5.27. The molecule has 1 aliphatic rings. The SMILES string of the molecule is CC1=C(C)C(C)c2ccccc21.CCCC(C)C(C)(C)C. The van der Waals surface area contributed by atoms with Crippen molar-refractivity contribution < 1.29 is 0 Å². The lowest BCUT2D eigenvalue weighted by Crippen LogP contribution is -2.16. The van der Waals surface area contributed by atoms with E-state index in [-0.39, 0.29) is 0 Å². The third-order valence-corrected chi connectivity index (χ3v) is 5.27. The van der Waals surface area contributed by atoms with Crippen LogP contribution in [-0.4, -0.2) is 0 Å². The fourth-order valence-electron chi connectivity index (χ4n) is 2.85. The molecule has 0 aromatic heterocycles. The lowest BCUT2D eigenvalue weighted by Gasteiger charge is -2.26. The predicted molar refractivity (Wildman–Crippen MR) is 96.7 cm³/mol. The van der Waals surface area contributed by atoms with E-state index in [1.54, 1.807) is 0 Å². The molecule has 0 heterocycles. The van der Waals surface area contributed by atoms with Gasteiger partial charge in [0.25, 0.3) is 0 Å². The molecular formula is C21H34. The van der Waals surface area contributed by atoms with Gasteiger partial charge in [0.05, 0.1) is 0 Å². The molecule has 0 amide bonds. The quantitative estimate of drug-likeness (QED) is 0.545. The Labute approximate surface area is 132 Å². The molecular weight excluding hydrogens is 252 g/mol. The van der Waals surface area contributed by atoms with E-state index < -0.39 is 0 Å². The number of allylic oxidation sites excluding steroid dienone is 2. The van der Waals surface area contributed by atoms with Crippen molar-refractivity contribution in [3.8, 4) is 0 Å². The van der Waals surface area contributed by atoms with Gasteiger partial charge in [0, 0.05) is 5.92 Å². The maximum atomic E-state index is 2.34. The van der Waals surface area contributed by atoms with E-state index in [4.69, 9.17) is 0 Å². The summed E-state index contributed by atoms with van der Waals surface area (Å²) >= 11 is 0.